The van der Waals surface area contributed by atoms with Gasteiger partial charge in [-0.2, -0.15) is 13.2 Å². The number of nitrogens with zero attached hydrogens (tertiary/aromatic N) is 2. The molecule has 2 heterocycles. The number of carbonyl (C=O) groups is 1. The molecule has 102 valence electrons. The molecule has 1 aromatic heterocycles. The predicted molar refractivity (Wildman–Crippen MR) is 63.2 cm³/mol. The number of amides is 1. The Labute approximate surface area is 107 Å². The zero-order chi connectivity index (χ0) is 14.2. The molecule has 0 saturated carbocycles. The number of rotatable bonds is 2. The lowest BCUT2D eigenvalue weighted by Crippen LogP contribution is -2.43. The Balaban J connectivity index is 2.48. The van der Waals surface area contributed by atoms with Crippen LogP contribution in [-0.2, 0) is 11.2 Å². The normalized spacial score (nSPS) is 16.6. The van der Waals surface area contributed by atoms with Gasteiger partial charge in [-0.3, -0.25) is 4.79 Å². The molecular formula is C12H12F3N3O. The fourth-order valence-electron chi connectivity index (χ4n) is 1.88. The number of carbonyl (C=O) groups excluding carboxylic acids is 1. The third-order valence-corrected chi connectivity index (χ3v) is 3.00. The maximum atomic E-state index is 12.8. The van der Waals surface area contributed by atoms with Crippen molar-refractivity contribution >= 4 is 11.7 Å². The molecule has 0 radical (unpaired) electrons. The van der Waals surface area contributed by atoms with E-state index in [9.17, 15) is 18.0 Å². The van der Waals surface area contributed by atoms with Crippen molar-refractivity contribution in [2.75, 3.05) is 4.90 Å². The summed E-state index contributed by atoms with van der Waals surface area (Å²) >= 11 is 0. The molecule has 0 aliphatic carbocycles. The van der Waals surface area contributed by atoms with E-state index in [4.69, 9.17) is 5.73 Å². The first-order valence-corrected chi connectivity index (χ1v) is 5.60. The summed E-state index contributed by atoms with van der Waals surface area (Å²) < 4.78 is 38.5. The van der Waals surface area contributed by atoms with Crippen LogP contribution in [0.25, 0.3) is 0 Å². The number of aromatic nitrogens is 1. The monoisotopic (exact) mass is 271 g/mol. The number of primary amides is 1. The fraction of sp³-hybridized carbons (Fsp3) is 0.333. The zero-order valence-corrected chi connectivity index (χ0v) is 10.1. The van der Waals surface area contributed by atoms with E-state index < -0.39 is 18.1 Å². The Morgan fingerprint density at radius 2 is 2.21 bits per heavy atom. The van der Waals surface area contributed by atoms with Crippen molar-refractivity contribution in [3.05, 3.63) is 35.7 Å². The highest BCUT2D eigenvalue weighted by atomic mass is 19.4. The van der Waals surface area contributed by atoms with Gasteiger partial charge in [-0.15, -0.1) is 0 Å². The molecule has 0 aromatic carbocycles. The van der Waals surface area contributed by atoms with Gasteiger partial charge in [-0.25, -0.2) is 4.98 Å². The number of hydrogen-bond acceptors (Lipinski definition) is 3. The van der Waals surface area contributed by atoms with Crippen LogP contribution in [0.2, 0.25) is 0 Å². The third-order valence-electron chi connectivity index (χ3n) is 3.00. The lowest BCUT2D eigenvalue weighted by atomic mass is 10.0. The number of halogens is 3. The van der Waals surface area contributed by atoms with Gasteiger partial charge in [0.1, 0.15) is 11.9 Å². The minimum absolute atomic E-state index is 0.136. The Morgan fingerprint density at radius 1 is 1.53 bits per heavy atom. The molecule has 1 aliphatic heterocycles. The lowest BCUT2D eigenvalue weighted by Gasteiger charge is -2.33. The van der Waals surface area contributed by atoms with Crippen LogP contribution in [0.3, 0.4) is 0 Å². The molecule has 1 aliphatic rings. The van der Waals surface area contributed by atoms with Gasteiger partial charge in [0.2, 0.25) is 5.91 Å². The Morgan fingerprint density at radius 3 is 2.79 bits per heavy atom. The standard InChI is InChI=1S/C12H12F3N3O/c1-7(12(13,14)15)18-6-9(10(16)19)5-8-3-2-4-17-11(8)18/h2-4,6-7H,5H2,1H3,(H2,16,19)/t7-/m0/s1. The molecule has 0 bridgehead atoms. The number of anilines is 1. The van der Waals surface area contributed by atoms with Gasteiger partial charge < -0.3 is 10.6 Å². The predicted octanol–water partition coefficient (Wildman–Crippen LogP) is 1.76. The molecule has 2 N–H and O–H groups in total. The number of nitrogens with two attached hydrogens (primary N) is 1. The smallest absolute Gasteiger partial charge is 0.366 e. The summed E-state index contributed by atoms with van der Waals surface area (Å²) in [6.07, 6.45) is -1.68. The quantitative estimate of drug-likeness (QED) is 0.891. The molecule has 2 rings (SSSR count). The van der Waals surface area contributed by atoms with Gasteiger partial charge in [-0.05, 0) is 18.6 Å². The average Bonchev–Trinajstić information content (AvgIpc) is 2.35. The van der Waals surface area contributed by atoms with Crippen molar-refractivity contribution in [2.45, 2.75) is 25.6 Å². The molecule has 0 saturated heterocycles. The average molecular weight is 271 g/mol. The van der Waals surface area contributed by atoms with Crippen molar-refractivity contribution in [1.82, 2.24) is 4.98 Å². The van der Waals surface area contributed by atoms with Gasteiger partial charge in [0.15, 0.2) is 0 Å². The summed E-state index contributed by atoms with van der Waals surface area (Å²) in [7, 11) is 0. The molecule has 19 heavy (non-hydrogen) atoms. The highest BCUT2D eigenvalue weighted by Crippen LogP contribution is 2.33. The second kappa shape index (κ2) is 4.56. The van der Waals surface area contributed by atoms with Crippen LogP contribution in [-0.4, -0.2) is 23.1 Å². The van der Waals surface area contributed by atoms with E-state index >= 15 is 0 Å². The van der Waals surface area contributed by atoms with Gasteiger partial charge >= 0.3 is 6.18 Å². The van der Waals surface area contributed by atoms with E-state index in [0.29, 0.717) is 5.56 Å². The van der Waals surface area contributed by atoms with Crippen molar-refractivity contribution in [2.24, 2.45) is 5.73 Å². The van der Waals surface area contributed by atoms with Crippen LogP contribution in [0.1, 0.15) is 12.5 Å². The third kappa shape index (κ3) is 2.54. The molecule has 0 unspecified atom stereocenters. The Kier molecular flexibility index (Phi) is 3.21. The van der Waals surface area contributed by atoms with E-state index in [2.05, 4.69) is 4.98 Å². The summed E-state index contributed by atoms with van der Waals surface area (Å²) in [5.41, 5.74) is 5.85. The van der Waals surface area contributed by atoms with Crippen molar-refractivity contribution in [3.8, 4) is 0 Å². The first-order chi connectivity index (χ1) is 8.80. The largest absolute Gasteiger partial charge is 0.408 e. The molecule has 0 fully saturated rings. The first kappa shape index (κ1) is 13.4. The maximum Gasteiger partial charge on any atom is 0.408 e. The summed E-state index contributed by atoms with van der Waals surface area (Å²) in [5, 5.41) is 0. The van der Waals surface area contributed by atoms with Crippen LogP contribution < -0.4 is 10.6 Å². The number of pyridine rings is 1. The molecule has 4 nitrogen and oxygen atoms in total. The molecule has 7 heteroatoms. The van der Waals surface area contributed by atoms with Crippen LogP contribution in [0, 0.1) is 0 Å². The minimum atomic E-state index is -4.43. The molecule has 0 spiro atoms. The van der Waals surface area contributed by atoms with E-state index in [1.54, 1.807) is 12.1 Å². The van der Waals surface area contributed by atoms with Gasteiger partial charge in [0, 0.05) is 24.4 Å². The van der Waals surface area contributed by atoms with E-state index in [0.717, 1.165) is 18.0 Å². The van der Waals surface area contributed by atoms with Gasteiger partial charge in [0.05, 0.1) is 0 Å². The summed E-state index contributed by atoms with van der Waals surface area (Å²) in [6, 6.07) is 1.46. The van der Waals surface area contributed by atoms with Crippen LogP contribution in [0.4, 0.5) is 19.0 Å². The second-order valence-corrected chi connectivity index (χ2v) is 4.31. The maximum absolute atomic E-state index is 12.8. The zero-order valence-electron chi connectivity index (χ0n) is 10.1. The molecule has 1 aromatic rings. The summed E-state index contributed by atoms with van der Waals surface area (Å²) in [5.74, 6) is -0.522. The lowest BCUT2D eigenvalue weighted by molar-refractivity contribution is -0.143. The number of alkyl halides is 3. The topological polar surface area (TPSA) is 59.2 Å². The highest BCUT2D eigenvalue weighted by molar-refractivity contribution is 5.93. The number of hydrogen-bond donors (Lipinski definition) is 1. The van der Waals surface area contributed by atoms with E-state index in [1.165, 1.54) is 6.20 Å². The van der Waals surface area contributed by atoms with Crippen molar-refractivity contribution < 1.29 is 18.0 Å². The summed E-state index contributed by atoms with van der Waals surface area (Å²) in [6.45, 7) is 1.01. The van der Waals surface area contributed by atoms with E-state index in [-0.39, 0.29) is 17.8 Å². The summed E-state index contributed by atoms with van der Waals surface area (Å²) in [4.78, 5) is 16.1. The minimum Gasteiger partial charge on any atom is -0.366 e. The SMILES string of the molecule is C[C@H](N1C=C(C(N)=O)Cc2cccnc21)C(F)(F)F. The first-order valence-electron chi connectivity index (χ1n) is 5.60. The fourth-order valence-corrected chi connectivity index (χ4v) is 1.88. The van der Waals surface area contributed by atoms with Crippen molar-refractivity contribution in [3.63, 3.8) is 0 Å². The van der Waals surface area contributed by atoms with E-state index in [1.807, 2.05) is 0 Å². The highest BCUT2D eigenvalue weighted by Gasteiger charge is 2.42. The number of fused-ring (bicyclic) bond motifs is 1. The van der Waals surface area contributed by atoms with Crippen LogP contribution in [0.15, 0.2) is 30.1 Å². The molecular weight excluding hydrogens is 259 g/mol. The second-order valence-electron chi connectivity index (χ2n) is 4.31. The van der Waals surface area contributed by atoms with Gasteiger partial charge in [0.25, 0.3) is 0 Å². The van der Waals surface area contributed by atoms with Crippen LogP contribution in [0.5, 0.6) is 0 Å². The van der Waals surface area contributed by atoms with Crippen LogP contribution >= 0.6 is 0 Å². The van der Waals surface area contributed by atoms with Crippen molar-refractivity contribution in [1.29, 1.82) is 0 Å². The molecule has 1 amide bonds. The Bertz CT molecular complexity index is 539. The Hall–Kier alpha value is -2.05. The van der Waals surface area contributed by atoms with Gasteiger partial charge in [-0.1, -0.05) is 6.07 Å². The molecule has 1 atom stereocenters.